The van der Waals surface area contributed by atoms with E-state index in [2.05, 4.69) is 15.6 Å². The molecule has 27 heavy (non-hydrogen) atoms. The van der Waals surface area contributed by atoms with Gasteiger partial charge in [-0.1, -0.05) is 12.1 Å². The third-order valence-electron chi connectivity index (χ3n) is 5.76. The molecule has 1 unspecified atom stereocenters. The maximum absolute atomic E-state index is 12.5. The lowest BCUT2D eigenvalue weighted by Crippen LogP contribution is -2.59. The van der Waals surface area contributed by atoms with Crippen LogP contribution in [0.4, 0.5) is 5.69 Å². The second-order valence-electron chi connectivity index (χ2n) is 7.52. The topological polar surface area (TPSA) is 83.6 Å². The number of para-hydroxylation sites is 1. The van der Waals surface area contributed by atoms with Crippen molar-refractivity contribution >= 4 is 28.8 Å². The highest BCUT2D eigenvalue weighted by atomic mass is 32.1. The standard InChI is InChI=1S/C19H20N4O3S/c24-16-13-3-1-2-4-14(13)21-19(22-16)10-18(26-11-19)5-7-23(8-6-18)17(25)15-9-27-12-20-15/h1-4,9,12,21H,5-8,10-11H2,(H,22,24). The van der Waals surface area contributed by atoms with Gasteiger partial charge in [0.25, 0.3) is 11.8 Å². The molecule has 1 aromatic carbocycles. The summed E-state index contributed by atoms with van der Waals surface area (Å²) in [4.78, 5) is 31.0. The van der Waals surface area contributed by atoms with Gasteiger partial charge in [-0.15, -0.1) is 11.3 Å². The molecule has 0 aliphatic carbocycles. The molecule has 7 nitrogen and oxygen atoms in total. The number of benzene rings is 1. The lowest BCUT2D eigenvalue weighted by molar-refractivity contribution is -0.0394. The first-order valence-electron chi connectivity index (χ1n) is 9.09. The Hall–Kier alpha value is -2.45. The van der Waals surface area contributed by atoms with Gasteiger partial charge >= 0.3 is 0 Å². The Morgan fingerprint density at radius 1 is 1.22 bits per heavy atom. The number of nitrogens with one attached hydrogen (secondary N) is 2. The van der Waals surface area contributed by atoms with Crippen LogP contribution in [0.25, 0.3) is 0 Å². The average molecular weight is 384 g/mol. The van der Waals surface area contributed by atoms with E-state index in [1.54, 1.807) is 10.9 Å². The number of thiazole rings is 1. The highest BCUT2D eigenvalue weighted by molar-refractivity contribution is 7.07. The fraction of sp³-hybridized carbons (Fsp3) is 0.421. The Bertz CT molecular complexity index is 892. The van der Waals surface area contributed by atoms with Crippen molar-refractivity contribution in [2.75, 3.05) is 25.0 Å². The van der Waals surface area contributed by atoms with Crippen molar-refractivity contribution in [2.24, 2.45) is 0 Å². The van der Waals surface area contributed by atoms with Crippen LogP contribution in [0.3, 0.4) is 0 Å². The van der Waals surface area contributed by atoms with Crippen LogP contribution in [0.15, 0.2) is 35.2 Å². The van der Waals surface area contributed by atoms with Crippen molar-refractivity contribution in [2.45, 2.75) is 30.5 Å². The Balaban J connectivity index is 1.29. The quantitative estimate of drug-likeness (QED) is 0.787. The second kappa shape index (κ2) is 6.03. The highest BCUT2D eigenvalue weighted by Crippen LogP contribution is 2.42. The van der Waals surface area contributed by atoms with Gasteiger partial charge in [-0.25, -0.2) is 4.98 Å². The average Bonchev–Trinajstić information content (AvgIpc) is 3.31. The number of fused-ring (bicyclic) bond motifs is 1. The molecular weight excluding hydrogens is 364 g/mol. The van der Waals surface area contributed by atoms with Crippen molar-refractivity contribution in [1.82, 2.24) is 15.2 Å². The Morgan fingerprint density at radius 3 is 2.81 bits per heavy atom. The van der Waals surface area contributed by atoms with Crippen LogP contribution in [0.2, 0.25) is 0 Å². The summed E-state index contributed by atoms with van der Waals surface area (Å²) in [6, 6.07) is 7.53. The summed E-state index contributed by atoms with van der Waals surface area (Å²) < 4.78 is 6.23. The first kappa shape index (κ1) is 16.7. The third kappa shape index (κ3) is 2.80. The molecule has 2 spiro atoms. The van der Waals surface area contributed by atoms with E-state index >= 15 is 0 Å². The number of hydrogen-bond acceptors (Lipinski definition) is 6. The fourth-order valence-corrected chi connectivity index (χ4v) is 4.90. The van der Waals surface area contributed by atoms with Gasteiger partial charge in [0.1, 0.15) is 11.4 Å². The maximum atomic E-state index is 12.5. The molecule has 140 valence electrons. The van der Waals surface area contributed by atoms with Crippen LogP contribution in [-0.2, 0) is 4.74 Å². The maximum Gasteiger partial charge on any atom is 0.273 e. The molecule has 8 heteroatoms. The van der Waals surface area contributed by atoms with E-state index in [4.69, 9.17) is 4.74 Å². The Morgan fingerprint density at radius 2 is 2.04 bits per heavy atom. The number of hydrogen-bond donors (Lipinski definition) is 2. The zero-order valence-corrected chi connectivity index (χ0v) is 15.6. The number of anilines is 1. The number of carbonyl (C=O) groups is 2. The lowest BCUT2D eigenvalue weighted by atomic mass is 9.84. The van der Waals surface area contributed by atoms with E-state index in [1.807, 2.05) is 29.2 Å². The monoisotopic (exact) mass is 384 g/mol. The summed E-state index contributed by atoms with van der Waals surface area (Å²) in [7, 11) is 0. The smallest absolute Gasteiger partial charge is 0.273 e. The van der Waals surface area contributed by atoms with Gasteiger partial charge in [-0.3, -0.25) is 9.59 Å². The zero-order chi connectivity index (χ0) is 18.5. The predicted octanol–water partition coefficient (Wildman–Crippen LogP) is 2.09. The molecule has 0 bridgehead atoms. The number of ether oxygens (including phenoxy) is 1. The molecular formula is C19H20N4O3S. The number of nitrogens with zero attached hydrogens (tertiary/aromatic N) is 2. The van der Waals surface area contributed by atoms with Crippen molar-refractivity contribution in [3.63, 3.8) is 0 Å². The van der Waals surface area contributed by atoms with E-state index in [9.17, 15) is 9.59 Å². The summed E-state index contributed by atoms with van der Waals surface area (Å²) >= 11 is 1.43. The highest BCUT2D eigenvalue weighted by Gasteiger charge is 2.53. The van der Waals surface area contributed by atoms with Crippen molar-refractivity contribution in [3.8, 4) is 0 Å². The summed E-state index contributed by atoms with van der Waals surface area (Å²) in [6.45, 7) is 1.70. The number of aromatic nitrogens is 1. The van der Waals surface area contributed by atoms with Crippen LogP contribution in [0, 0.1) is 0 Å². The summed E-state index contributed by atoms with van der Waals surface area (Å²) in [5, 5.41) is 8.38. The molecule has 4 heterocycles. The largest absolute Gasteiger partial charge is 0.370 e. The first-order chi connectivity index (χ1) is 13.1. The molecule has 1 aromatic heterocycles. The number of amides is 2. The second-order valence-corrected chi connectivity index (χ2v) is 8.24. The van der Waals surface area contributed by atoms with E-state index < -0.39 is 5.66 Å². The van der Waals surface area contributed by atoms with Gasteiger partial charge in [0.2, 0.25) is 0 Å². The zero-order valence-electron chi connectivity index (χ0n) is 14.7. The van der Waals surface area contributed by atoms with Gasteiger partial charge in [0, 0.05) is 30.6 Å². The normalized spacial score (nSPS) is 25.9. The number of carbonyl (C=O) groups excluding carboxylic acids is 2. The molecule has 2 amide bonds. The third-order valence-corrected chi connectivity index (χ3v) is 6.35. The van der Waals surface area contributed by atoms with Gasteiger partial charge in [0.15, 0.2) is 0 Å². The van der Waals surface area contributed by atoms with Crippen LogP contribution < -0.4 is 10.6 Å². The van der Waals surface area contributed by atoms with E-state index in [0.717, 1.165) is 18.5 Å². The summed E-state index contributed by atoms with van der Waals surface area (Å²) in [6.07, 6.45) is 2.20. The van der Waals surface area contributed by atoms with Gasteiger partial charge in [-0.2, -0.15) is 0 Å². The lowest BCUT2D eigenvalue weighted by Gasteiger charge is -2.40. The van der Waals surface area contributed by atoms with E-state index in [0.29, 0.717) is 37.4 Å². The van der Waals surface area contributed by atoms with E-state index in [1.165, 1.54) is 11.3 Å². The Kier molecular flexibility index (Phi) is 3.73. The molecule has 0 saturated carbocycles. The minimum atomic E-state index is -0.577. The molecule has 2 aromatic rings. The SMILES string of the molecule is O=C1NC2(COC3(CCN(C(=O)c4cscn4)CC3)C2)Nc2ccccc21. The summed E-state index contributed by atoms with van der Waals surface area (Å²) in [5.74, 6) is -0.0852. The fourth-order valence-electron chi connectivity index (χ4n) is 4.37. The molecule has 2 saturated heterocycles. The van der Waals surface area contributed by atoms with Crippen LogP contribution >= 0.6 is 11.3 Å². The Labute approximate surface area is 160 Å². The number of piperidine rings is 1. The first-order valence-corrected chi connectivity index (χ1v) is 10.0. The molecule has 3 aliphatic heterocycles. The van der Waals surface area contributed by atoms with Crippen LogP contribution in [-0.4, -0.2) is 52.7 Å². The molecule has 3 aliphatic rings. The molecule has 2 N–H and O–H groups in total. The van der Waals surface area contributed by atoms with Crippen LogP contribution in [0.5, 0.6) is 0 Å². The van der Waals surface area contributed by atoms with Crippen LogP contribution in [0.1, 0.15) is 40.1 Å². The van der Waals surface area contributed by atoms with Crippen molar-refractivity contribution in [1.29, 1.82) is 0 Å². The molecule has 1 atom stereocenters. The summed E-state index contributed by atoms with van der Waals surface area (Å²) in [5.41, 5.74) is 2.80. The van der Waals surface area contributed by atoms with Gasteiger partial charge < -0.3 is 20.3 Å². The van der Waals surface area contributed by atoms with E-state index in [-0.39, 0.29) is 17.4 Å². The molecule has 5 rings (SSSR count). The van der Waals surface area contributed by atoms with Gasteiger partial charge in [-0.05, 0) is 25.0 Å². The minimum Gasteiger partial charge on any atom is -0.370 e. The van der Waals surface area contributed by atoms with Gasteiger partial charge in [0.05, 0.1) is 23.3 Å². The predicted molar refractivity (Wildman–Crippen MR) is 101 cm³/mol. The number of likely N-dealkylation sites (tertiary alicyclic amines) is 1. The molecule has 2 fully saturated rings. The van der Waals surface area contributed by atoms with Crippen molar-refractivity contribution in [3.05, 3.63) is 46.4 Å². The minimum absolute atomic E-state index is 0.0168. The number of rotatable bonds is 1. The van der Waals surface area contributed by atoms with Crippen molar-refractivity contribution < 1.29 is 14.3 Å². The molecule has 0 radical (unpaired) electrons.